The fourth-order valence-corrected chi connectivity index (χ4v) is 2.75. The molecule has 1 aromatic heterocycles. The molecule has 2 atom stereocenters. The lowest BCUT2D eigenvalue weighted by molar-refractivity contribution is 0.0690. The number of rotatable bonds is 5. The molecule has 1 fully saturated rings. The summed E-state index contributed by atoms with van der Waals surface area (Å²) >= 11 is 1.30. The molecule has 0 amide bonds. The van der Waals surface area contributed by atoms with E-state index in [0.29, 0.717) is 16.6 Å². The van der Waals surface area contributed by atoms with E-state index in [9.17, 15) is 15.0 Å². The smallest absolute Gasteiger partial charge is 0.340 e. The zero-order valence-electron chi connectivity index (χ0n) is 11.3. The molecule has 0 aliphatic heterocycles. The van der Waals surface area contributed by atoms with Crippen LogP contribution in [-0.2, 0) is 0 Å². The third-order valence-electron chi connectivity index (χ3n) is 3.21. The maximum absolute atomic E-state index is 11.3. The van der Waals surface area contributed by atoms with Crippen molar-refractivity contribution in [3.63, 3.8) is 0 Å². The normalized spacial score (nSPS) is 18.1. The van der Waals surface area contributed by atoms with Crippen molar-refractivity contribution in [2.75, 3.05) is 0 Å². The van der Waals surface area contributed by atoms with E-state index in [0.717, 1.165) is 18.7 Å². The monoisotopic (exact) mass is 282 g/mol. The Morgan fingerprint density at radius 2 is 2.00 bits per heavy atom. The third-order valence-corrected chi connectivity index (χ3v) is 4.49. The Labute approximate surface area is 116 Å². The molecule has 0 bridgehead atoms. The molecule has 2 rings (SSSR count). The average molecular weight is 282 g/mol. The van der Waals surface area contributed by atoms with Crippen LogP contribution in [0.15, 0.2) is 5.03 Å². The van der Waals surface area contributed by atoms with Crippen LogP contribution in [0.3, 0.4) is 0 Å². The summed E-state index contributed by atoms with van der Waals surface area (Å²) < 4.78 is 0. The summed E-state index contributed by atoms with van der Waals surface area (Å²) in [4.78, 5) is 20.0. The van der Waals surface area contributed by atoms with Gasteiger partial charge in [0.15, 0.2) is 0 Å². The van der Waals surface area contributed by atoms with Gasteiger partial charge < -0.3 is 10.2 Å². The van der Waals surface area contributed by atoms with Gasteiger partial charge in [0.05, 0.1) is 11.8 Å². The highest BCUT2D eigenvalue weighted by Gasteiger charge is 2.30. The minimum atomic E-state index is -1.01. The summed E-state index contributed by atoms with van der Waals surface area (Å²) in [5.74, 6) is 0.102. The first-order chi connectivity index (χ1) is 8.90. The van der Waals surface area contributed by atoms with Crippen LogP contribution < -0.4 is 0 Å². The Bertz CT molecular complexity index is 501. The summed E-state index contributed by atoms with van der Waals surface area (Å²) in [6.07, 6.45) is 1.62. The zero-order valence-corrected chi connectivity index (χ0v) is 12.1. The van der Waals surface area contributed by atoms with Crippen LogP contribution in [0.4, 0.5) is 0 Å². The number of aryl methyl sites for hydroxylation is 1. The van der Waals surface area contributed by atoms with Crippen LogP contribution in [-0.4, -0.2) is 37.5 Å². The highest BCUT2D eigenvalue weighted by Crippen LogP contribution is 2.39. The van der Waals surface area contributed by atoms with Gasteiger partial charge in [-0.05, 0) is 26.7 Å². The van der Waals surface area contributed by atoms with E-state index in [2.05, 4.69) is 9.97 Å². The lowest BCUT2D eigenvalue weighted by atomic mass is 10.2. The Morgan fingerprint density at radius 1 is 1.37 bits per heavy atom. The van der Waals surface area contributed by atoms with Crippen molar-refractivity contribution in [2.45, 2.75) is 55.9 Å². The van der Waals surface area contributed by atoms with Gasteiger partial charge in [-0.2, -0.15) is 0 Å². The van der Waals surface area contributed by atoms with Crippen LogP contribution in [0, 0.1) is 6.92 Å². The van der Waals surface area contributed by atoms with Gasteiger partial charge in [0.1, 0.15) is 16.4 Å². The van der Waals surface area contributed by atoms with E-state index >= 15 is 0 Å². The van der Waals surface area contributed by atoms with Crippen LogP contribution in [0.1, 0.15) is 54.5 Å². The molecule has 1 aliphatic rings. The standard InChI is InChI=1S/C13H18N2O3S/c1-6-10(13(17)18)12(19-8(3)7(2)16)15-11(14-6)9-4-5-9/h7-9,16H,4-5H2,1-3H3,(H,17,18). The zero-order chi connectivity index (χ0) is 14.2. The quantitative estimate of drug-likeness (QED) is 0.636. The third kappa shape index (κ3) is 3.25. The SMILES string of the molecule is Cc1nc(C2CC2)nc(SC(C)C(C)O)c1C(=O)O. The lowest BCUT2D eigenvalue weighted by Gasteiger charge is -2.16. The van der Waals surface area contributed by atoms with Crippen molar-refractivity contribution < 1.29 is 15.0 Å². The first kappa shape index (κ1) is 14.3. The van der Waals surface area contributed by atoms with Crippen LogP contribution >= 0.6 is 11.8 Å². The Morgan fingerprint density at radius 3 is 2.47 bits per heavy atom. The minimum Gasteiger partial charge on any atom is -0.478 e. The summed E-state index contributed by atoms with van der Waals surface area (Å²) in [6, 6.07) is 0. The Kier molecular flexibility index (Phi) is 4.10. The van der Waals surface area contributed by atoms with Crippen molar-refractivity contribution in [1.82, 2.24) is 9.97 Å². The van der Waals surface area contributed by atoms with Gasteiger partial charge in [0.2, 0.25) is 0 Å². The number of carboxylic acids is 1. The molecule has 0 spiro atoms. The number of nitrogens with zero attached hydrogens (tertiary/aromatic N) is 2. The van der Waals surface area contributed by atoms with Crippen molar-refractivity contribution in [3.8, 4) is 0 Å². The van der Waals surface area contributed by atoms with E-state index in [1.807, 2.05) is 6.92 Å². The van der Waals surface area contributed by atoms with Crippen molar-refractivity contribution in [1.29, 1.82) is 0 Å². The van der Waals surface area contributed by atoms with Gasteiger partial charge in [0, 0.05) is 11.2 Å². The van der Waals surface area contributed by atoms with Crippen molar-refractivity contribution >= 4 is 17.7 Å². The van der Waals surface area contributed by atoms with Gasteiger partial charge in [0.25, 0.3) is 0 Å². The number of carboxylic acid groups (broad SMARTS) is 1. The molecule has 0 saturated heterocycles. The number of thioether (sulfide) groups is 1. The highest BCUT2D eigenvalue weighted by atomic mass is 32.2. The number of hydrogen-bond acceptors (Lipinski definition) is 5. The second-order valence-electron chi connectivity index (χ2n) is 4.99. The van der Waals surface area contributed by atoms with Gasteiger partial charge >= 0.3 is 5.97 Å². The minimum absolute atomic E-state index is 0.112. The lowest BCUT2D eigenvalue weighted by Crippen LogP contribution is -2.17. The Balaban J connectivity index is 2.39. The molecule has 1 saturated carbocycles. The predicted octanol–water partition coefficient (Wildman–Crippen LogP) is 2.22. The van der Waals surface area contributed by atoms with E-state index in [4.69, 9.17) is 0 Å². The van der Waals surface area contributed by atoms with Crippen molar-refractivity contribution in [2.24, 2.45) is 0 Å². The molecular weight excluding hydrogens is 264 g/mol. The van der Waals surface area contributed by atoms with Gasteiger partial charge in [-0.25, -0.2) is 14.8 Å². The van der Waals surface area contributed by atoms with E-state index < -0.39 is 12.1 Å². The fraction of sp³-hybridized carbons (Fsp3) is 0.615. The summed E-state index contributed by atoms with van der Waals surface area (Å²) in [6.45, 7) is 5.25. The van der Waals surface area contributed by atoms with Crippen LogP contribution in [0.2, 0.25) is 0 Å². The average Bonchev–Trinajstić information content (AvgIpc) is 3.10. The second kappa shape index (κ2) is 5.46. The molecule has 2 N–H and O–H groups in total. The number of aliphatic hydroxyl groups is 1. The number of hydrogen-bond donors (Lipinski definition) is 2. The van der Waals surface area contributed by atoms with E-state index in [-0.39, 0.29) is 10.8 Å². The summed E-state index contributed by atoms with van der Waals surface area (Å²) in [5.41, 5.74) is 0.659. The molecule has 19 heavy (non-hydrogen) atoms. The van der Waals surface area contributed by atoms with E-state index in [1.165, 1.54) is 11.8 Å². The largest absolute Gasteiger partial charge is 0.478 e. The maximum atomic E-state index is 11.3. The van der Waals surface area contributed by atoms with E-state index in [1.54, 1.807) is 13.8 Å². The van der Waals surface area contributed by atoms with Gasteiger partial charge in [-0.15, -0.1) is 0 Å². The first-order valence-electron chi connectivity index (χ1n) is 6.36. The molecule has 104 valence electrons. The molecule has 1 heterocycles. The van der Waals surface area contributed by atoms with Gasteiger partial charge in [-0.3, -0.25) is 0 Å². The van der Waals surface area contributed by atoms with Crippen molar-refractivity contribution in [3.05, 3.63) is 17.1 Å². The summed E-state index contributed by atoms with van der Waals surface area (Å²) in [5, 5.41) is 19.2. The first-order valence-corrected chi connectivity index (χ1v) is 7.24. The molecule has 1 aromatic rings. The molecular formula is C13H18N2O3S. The topological polar surface area (TPSA) is 83.3 Å². The maximum Gasteiger partial charge on any atom is 0.340 e. The molecule has 0 radical (unpaired) electrons. The molecule has 1 aliphatic carbocycles. The van der Waals surface area contributed by atoms with Crippen LogP contribution in [0.5, 0.6) is 0 Å². The number of aliphatic hydroxyl groups excluding tert-OH is 1. The second-order valence-corrected chi connectivity index (χ2v) is 6.36. The fourth-order valence-electron chi connectivity index (χ4n) is 1.70. The molecule has 0 aromatic carbocycles. The highest BCUT2D eigenvalue weighted by molar-refractivity contribution is 8.00. The molecule has 6 heteroatoms. The predicted molar refractivity (Wildman–Crippen MR) is 72.7 cm³/mol. The molecule has 2 unspecified atom stereocenters. The molecule has 5 nitrogen and oxygen atoms in total. The number of aromatic nitrogens is 2. The van der Waals surface area contributed by atoms with Gasteiger partial charge in [-0.1, -0.05) is 18.7 Å². The van der Waals surface area contributed by atoms with Crippen LogP contribution in [0.25, 0.3) is 0 Å². The number of aromatic carboxylic acids is 1. The Hall–Kier alpha value is -1.14. The summed E-state index contributed by atoms with van der Waals surface area (Å²) in [7, 11) is 0. The number of carbonyl (C=O) groups is 1.